The van der Waals surface area contributed by atoms with Crippen molar-refractivity contribution in [2.75, 3.05) is 0 Å². The van der Waals surface area contributed by atoms with Crippen LogP contribution >= 0.6 is 15.9 Å². The van der Waals surface area contributed by atoms with Gasteiger partial charge in [0.15, 0.2) is 0 Å². The van der Waals surface area contributed by atoms with Crippen LogP contribution in [0.2, 0.25) is 0 Å². The molecule has 18 heavy (non-hydrogen) atoms. The highest BCUT2D eigenvalue weighted by Gasteiger charge is 2.25. The molecule has 0 heterocycles. The first-order valence-corrected chi connectivity index (χ1v) is 7.47. The standard InChI is InChI=1S/C15H20BrFO/c1-10-3-2-4-12(7-10)15(18)9-11-5-6-14(17)13(16)8-11/h5-6,8,10,12,15,18H,2-4,7,9H2,1H3. The number of rotatable bonds is 3. The zero-order valence-electron chi connectivity index (χ0n) is 10.7. The van der Waals surface area contributed by atoms with Crippen LogP contribution in [0.1, 0.15) is 38.2 Å². The molecule has 0 amide bonds. The van der Waals surface area contributed by atoms with E-state index in [1.807, 2.05) is 0 Å². The van der Waals surface area contributed by atoms with Crippen molar-refractivity contribution in [1.29, 1.82) is 0 Å². The highest BCUT2D eigenvalue weighted by Crippen LogP contribution is 2.32. The molecule has 1 aliphatic rings. The molecule has 0 aliphatic heterocycles. The van der Waals surface area contributed by atoms with Gasteiger partial charge in [-0.05, 0) is 64.7 Å². The van der Waals surface area contributed by atoms with Crippen LogP contribution in [0.5, 0.6) is 0 Å². The van der Waals surface area contributed by atoms with Gasteiger partial charge in [-0.1, -0.05) is 25.8 Å². The smallest absolute Gasteiger partial charge is 0.137 e. The van der Waals surface area contributed by atoms with Crippen molar-refractivity contribution in [3.05, 3.63) is 34.1 Å². The zero-order chi connectivity index (χ0) is 13.1. The maximum absolute atomic E-state index is 13.1. The molecule has 0 bridgehead atoms. The number of benzene rings is 1. The molecular weight excluding hydrogens is 295 g/mol. The molecule has 1 nitrogen and oxygen atoms in total. The van der Waals surface area contributed by atoms with Gasteiger partial charge in [-0.15, -0.1) is 0 Å². The maximum Gasteiger partial charge on any atom is 0.137 e. The maximum atomic E-state index is 13.1. The summed E-state index contributed by atoms with van der Waals surface area (Å²) in [5.41, 5.74) is 0.994. The van der Waals surface area contributed by atoms with Crippen LogP contribution < -0.4 is 0 Å². The molecule has 1 N–H and O–H groups in total. The second kappa shape index (κ2) is 6.16. The van der Waals surface area contributed by atoms with E-state index in [4.69, 9.17) is 0 Å². The molecule has 0 saturated heterocycles. The predicted molar refractivity (Wildman–Crippen MR) is 74.9 cm³/mol. The summed E-state index contributed by atoms with van der Waals surface area (Å²) in [6.07, 6.45) is 5.06. The summed E-state index contributed by atoms with van der Waals surface area (Å²) in [5.74, 6) is 0.871. The van der Waals surface area contributed by atoms with E-state index in [1.165, 1.54) is 18.9 Å². The Morgan fingerprint density at radius 1 is 1.44 bits per heavy atom. The van der Waals surface area contributed by atoms with Crippen LogP contribution in [0.15, 0.2) is 22.7 Å². The van der Waals surface area contributed by atoms with E-state index in [1.54, 1.807) is 12.1 Å². The van der Waals surface area contributed by atoms with Gasteiger partial charge in [0.05, 0.1) is 10.6 Å². The SMILES string of the molecule is CC1CCCC(C(O)Cc2ccc(F)c(Br)c2)C1. The summed E-state index contributed by atoms with van der Waals surface area (Å²) < 4.78 is 13.6. The summed E-state index contributed by atoms with van der Waals surface area (Å²) in [5, 5.41) is 10.3. The monoisotopic (exact) mass is 314 g/mol. The first kappa shape index (κ1) is 14.0. The first-order chi connectivity index (χ1) is 8.56. The Morgan fingerprint density at radius 3 is 2.89 bits per heavy atom. The topological polar surface area (TPSA) is 20.2 Å². The van der Waals surface area contributed by atoms with Crippen LogP contribution in [0.4, 0.5) is 4.39 Å². The third kappa shape index (κ3) is 3.55. The molecule has 0 spiro atoms. The molecule has 3 unspecified atom stereocenters. The Bertz CT molecular complexity index is 407. The van der Waals surface area contributed by atoms with Gasteiger partial charge >= 0.3 is 0 Å². The lowest BCUT2D eigenvalue weighted by Crippen LogP contribution is -2.27. The molecule has 0 radical (unpaired) electrons. The fourth-order valence-corrected chi connectivity index (χ4v) is 3.33. The second-order valence-electron chi connectivity index (χ2n) is 5.55. The molecule has 1 aromatic carbocycles. The van der Waals surface area contributed by atoms with Crippen molar-refractivity contribution in [3.63, 3.8) is 0 Å². The number of aliphatic hydroxyl groups excluding tert-OH is 1. The molecule has 0 aromatic heterocycles. The van der Waals surface area contributed by atoms with E-state index in [0.29, 0.717) is 16.8 Å². The molecular formula is C15H20BrFO. The van der Waals surface area contributed by atoms with Crippen molar-refractivity contribution >= 4 is 15.9 Å². The normalized spacial score (nSPS) is 26.0. The van der Waals surface area contributed by atoms with Gasteiger partial charge in [-0.25, -0.2) is 4.39 Å². The first-order valence-electron chi connectivity index (χ1n) is 6.68. The van der Waals surface area contributed by atoms with Crippen LogP contribution in [-0.2, 0) is 6.42 Å². The summed E-state index contributed by atoms with van der Waals surface area (Å²) in [6.45, 7) is 2.26. The summed E-state index contributed by atoms with van der Waals surface area (Å²) >= 11 is 3.18. The highest BCUT2D eigenvalue weighted by atomic mass is 79.9. The second-order valence-corrected chi connectivity index (χ2v) is 6.41. The highest BCUT2D eigenvalue weighted by molar-refractivity contribution is 9.10. The van der Waals surface area contributed by atoms with Gasteiger partial charge in [0.1, 0.15) is 5.82 Å². The Morgan fingerprint density at radius 2 is 2.22 bits per heavy atom. The van der Waals surface area contributed by atoms with Crippen molar-refractivity contribution in [1.82, 2.24) is 0 Å². The van der Waals surface area contributed by atoms with Gasteiger partial charge in [0.25, 0.3) is 0 Å². The average Bonchev–Trinajstić information content (AvgIpc) is 2.34. The minimum atomic E-state index is -0.301. The molecule has 1 aliphatic carbocycles. The van der Waals surface area contributed by atoms with Crippen molar-refractivity contribution in [3.8, 4) is 0 Å². The van der Waals surface area contributed by atoms with Gasteiger partial charge in [-0.2, -0.15) is 0 Å². The minimum Gasteiger partial charge on any atom is -0.392 e. The molecule has 3 heteroatoms. The lowest BCUT2D eigenvalue weighted by atomic mass is 9.78. The van der Waals surface area contributed by atoms with E-state index in [9.17, 15) is 9.50 Å². The number of halogens is 2. The van der Waals surface area contributed by atoms with E-state index in [-0.39, 0.29) is 11.9 Å². The molecule has 1 saturated carbocycles. The zero-order valence-corrected chi connectivity index (χ0v) is 12.3. The van der Waals surface area contributed by atoms with Crippen molar-refractivity contribution in [2.45, 2.75) is 45.1 Å². The molecule has 2 rings (SSSR count). The lowest BCUT2D eigenvalue weighted by Gasteiger charge is -2.30. The van der Waals surface area contributed by atoms with Gasteiger partial charge in [0, 0.05) is 0 Å². The predicted octanol–water partition coefficient (Wildman–Crippen LogP) is 4.32. The Balaban J connectivity index is 1.97. The molecule has 3 atom stereocenters. The Hall–Kier alpha value is -0.410. The lowest BCUT2D eigenvalue weighted by molar-refractivity contribution is 0.0720. The minimum absolute atomic E-state index is 0.250. The van der Waals surface area contributed by atoms with Crippen LogP contribution in [0.3, 0.4) is 0 Å². The summed E-state index contributed by atoms with van der Waals surface area (Å²) in [6, 6.07) is 4.98. The Labute approximate surface area is 117 Å². The summed E-state index contributed by atoms with van der Waals surface area (Å²) in [7, 11) is 0. The third-order valence-electron chi connectivity index (χ3n) is 3.95. The molecule has 1 aromatic rings. The van der Waals surface area contributed by atoms with Gasteiger partial charge in [-0.3, -0.25) is 0 Å². The number of hydrogen-bond acceptors (Lipinski definition) is 1. The van der Waals surface area contributed by atoms with Crippen LogP contribution in [-0.4, -0.2) is 11.2 Å². The van der Waals surface area contributed by atoms with E-state index in [2.05, 4.69) is 22.9 Å². The van der Waals surface area contributed by atoms with Crippen molar-refractivity contribution in [2.24, 2.45) is 11.8 Å². The van der Waals surface area contributed by atoms with Crippen LogP contribution in [0.25, 0.3) is 0 Å². The third-order valence-corrected chi connectivity index (χ3v) is 4.56. The number of aliphatic hydroxyl groups is 1. The van der Waals surface area contributed by atoms with Crippen LogP contribution in [0, 0.1) is 17.7 Å². The molecule has 1 fully saturated rings. The fourth-order valence-electron chi connectivity index (χ4n) is 2.91. The summed E-state index contributed by atoms with van der Waals surface area (Å²) in [4.78, 5) is 0. The molecule has 100 valence electrons. The average molecular weight is 315 g/mol. The quantitative estimate of drug-likeness (QED) is 0.881. The van der Waals surface area contributed by atoms with Gasteiger partial charge in [0.2, 0.25) is 0 Å². The fraction of sp³-hybridized carbons (Fsp3) is 0.600. The largest absolute Gasteiger partial charge is 0.392 e. The van der Waals surface area contributed by atoms with Gasteiger partial charge < -0.3 is 5.11 Å². The number of hydrogen-bond donors (Lipinski definition) is 1. The Kier molecular flexibility index (Phi) is 4.79. The van der Waals surface area contributed by atoms with E-state index in [0.717, 1.165) is 24.3 Å². The van der Waals surface area contributed by atoms with E-state index >= 15 is 0 Å². The van der Waals surface area contributed by atoms with E-state index < -0.39 is 0 Å². The van der Waals surface area contributed by atoms with Crippen molar-refractivity contribution < 1.29 is 9.50 Å².